The van der Waals surface area contributed by atoms with E-state index < -0.39 is 0 Å². The minimum Gasteiger partial charge on any atom is -0.212 e. The van der Waals surface area contributed by atoms with E-state index in [1.807, 2.05) is 36.4 Å². The molecule has 0 bridgehead atoms. The van der Waals surface area contributed by atoms with Gasteiger partial charge in [0.2, 0.25) is 0 Å². The fourth-order valence-electron chi connectivity index (χ4n) is 14.9. The van der Waals surface area contributed by atoms with Crippen LogP contribution >= 0.6 is 0 Å². The maximum absolute atomic E-state index is 5.64. The SMILES string of the molecule is CC1(C)c2ccccc2-c2cc3c(cc21)C(c1nc(-c2ccccc2)nc(-c2cccc(-c4cccc(-c5cc(-c6ccccc6)cc(-c6ccccc6)c5)c4)c2)n1)c1ccc(-c2nc(-c4ccccc4)nc(-c4cccc(-c5cc(-c6ccccc6)cc(-c6ccccc6)c5)c4)n2)cc1-3. The van der Waals surface area contributed by atoms with Crippen LogP contribution in [0.2, 0.25) is 0 Å². The lowest BCUT2D eigenvalue weighted by molar-refractivity contribution is 0.659. The third kappa shape index (κ3) is 11.1. The van der Waals surface area contributed by atoms with Gasteiger partial charge in [-0.25, -0.2) is 29.9 Å². The molecule has 14 aromatic carbocycles. The van der Waals surface area contributed by atoms with E-state index in [0.29, 0.717) is 34.9 Å². The van der Waals surface area contributed by atoms with Crippen molar-refractivity contribution in [2.24, 2.45) is 0 Å². The molecule has 0 aliphatic heterocycles. The van der Waals surface area contributed by atoms with Gasteiger partial charge in [0.15, 0.2) is 29.1 Å². The van der Waals surface area contributed by atoms with Gasteiger partial charge in [0.05, 0.1) is 5.92 Å². The maximum atomic E-state index is 5.64. The largest absolute Gasteiger partial charge is 0.212 e. The Labute approximate surface area is 582 Å². The summed E-state index contributed by atoms with van der Waals surface area (Å²) in [6.07, 6.45) is 0. The Morgan fingerprint density at radius 3 is 0.930 bits per heavy atom. The van der Waals surface area contributed by atoms with Crippen LogP contribution in [0.3, 0.4) is 0 Å². The second kappa shape index (κ2) is 24.9. The maximum Gasteiger partial charge on any atom is 0.164 e. The first-order valence-corrected chi connectivity index (χ1v) is 34.2. The average molecular weight is 1280 g/mol. The summed E-state index contributed by atoms with van der Waals surface area (Å²) < 4.78 is 0. The highest BCUT2D eigenvalue weighted by Gasteiger charge is 2.41. The Bertz CT molecular complexity index is 5680. The molecule has 16 aromatic rings. The highest BCUT2D eigenvalue weighted by molar-refractivity contribution is 5.92. The minimum atomic E-state index is -0.361. The topological polar surface area (TPSA) is 77.3 Å². The molecule has 470 valence electrons. The quantitative estimate of drug-likeness (QED) is 0.114. The predicted octanol–water partition coefficient (Wildman–Crippen LogP) is 23.5. The monoisotopic (exact) mass is 1280 g/mol. The van der Waals surface area contributed by atoms with Crippen molar-refractivity contribution < 1.29 is 0 Å². The first-order chi connectivity index (χ1) is 49.3. The van der Waals surface area contributed by atoms with Gasteiger partial charge >= 0.3 is 0 Å². The van der Waals surface area contributed by atoms with Crippen LogP contribution in [0.5, 0.6) is 0 Å². The molecule has 0 fully saturated rings. The van der Waals surface area contributed by atoms with E-state index >= 15 is 0 Å². The molecule has 2 aliphatic rings. The molecule has 6 nitrogen and oxygen atoms in total. The van der Waals surface area contributed by atoms with Crippen molar-refractivity contribution in [2.75, 3.05) is 0 Å². The molecule has 2 aliphatic carbocycles. The fourth-order valence-corrected chi connectivity index (χ4v) is 14.9. The number of nitrogens with zero attached hydrogens (tertiary/aromatic N) is 6. The molecule has 6 heteroatoms. The number of hydrogen-bond acceptors (Lipinski definition) is 6. The van der Waals surface area contributed by atoms with Crippen LogP contribution in [-0.2, 0) is 5.41 Å². The molecule has 100 heavy (non-hydrogen) atoms. The first kappa shape index (κ1) is 59.6. The molecule has 0 saturated heterocycles. The molecule has 0 amide bonds. The Morgan fingerprint density at radius 1 is 0.190 bits per heavy atom. The zero-order chi connectivity index (χ0) is 66.7. The van der Waals surface area contributed by atoms with Crippen molar-refractivity contribution >= 4 is 0 Å². The van der Waals surface area contributed by atoms with E-state index in [9.17, 15) is 0 Å². The van der Waals surface area contributed by atoms with Gasteiger partial charge in [-0.3, -0.25) is 0 Å². The smallest absolute Gasteiger partial charge is 0.164 e. The van der Waals surface area contributed by atoms with E-state index in [2.05, 4.69) is 323 Å². The third-order valence-corrected chi connectivity index (χ3v) is 20.0. The number of fused-ring (bicyclic) bond motifs is 6. The summed E-state index contributed by atoms with van der Waals surface area (Å²) in [5.41, 5.74) is 29.6. The molecule has 0 radical (unpaired) electrons. The molecule has 0 saturated carbocycles. The van der Waals surface area contributed by atoms with E-state index in [1.54, 1.807) is 0 Å². The van der Waals surface area contributed by atoms with Crippen LogP contribution in [0.1, 0.15) is 47.8 Å². The third-order valence-electron chi connectivity index (χ3n) is 20.0. The molecular formula is C94H64N6. The van der Waals surface area contributed by atoms with Crippen LogP contribution in [0.4, 0.5) is 0 Å². The van der Waals surface area contributed by atoms with Crippen LogP contribution in [0, 0.1) is 0 Å². The fraction of sp³-hybridized carbons (Fsp3) is 0.0426. The summed E-state index contributed by atoms with van der Waals surface area (Å²) in [4.78, 5) is 32.6. The molecule has 0 N–H and O–H groups in total. The second-order valence-corrected chi connectivity index (χ2v) is 26.6. The predicted molar refractivity (Wildman–Crippen MR) is 409 cm³/mol. The van der Waals surface area contributed by atoms with Crippen LogP contribution in [-0.4, -0.2) is 29.9 Å². The number of hydrogen-bond donors (Lipinski definition) is 0. The van der Waals surface area contributed by atoms with Crippen molar-refractivity contribution in [3.63, 3.8) is 0 Å². The first-order valence-electron chi connectivity index (χ1n) is 34.2. The molecule has 2 aromatic heterocycles. The Morgan fingerprint density at radius 2 is 0.490 bits per heavy atom. The highest BCUT2D eigenvalue weighted by Crippen LogP contribution is 2.56. The molecule has 1 atom stereocenters. The summed E-state index contributed by atoms with van der Waals surface area (Å²) >= 11 is 0. The Kier molecular flexibility index (Phi) is 14.9. The lowest BCUT2D eigenvalue weighted by Crippen LogP contribution is -2.16. The lowest BCUT2D eigenvalue weighted by Gasteiger charge is -2.23. The molecular weight excluding hydrogens is 1210 g/mol. The highest BCUT2D eigenvalue weighted by atomic mass is 15.0. The van der Waals surface area contributed by atoms with Crippen LogP contribution in [0.15, 0.2) is 346 Å². The van der Waals surface area contributed by atoms with Crippen LogP contribution in [0.25, 0.3) is 157 Å². The molecule has 0 spiro atoms. The number of rotatable bonds is 13. The zero-order valence-electron chi connectivity index (χ0n) is 55.2. The lowest BCUT2D eigenvalue weighted by atomic mass is 9.81. The molecule has 2 heterocycles. The van der Waals surface area contributed by atoms with E-state index in [1.165, 1.54) is 44.5 Å². The van der Waals surface area contributed by atoms with Crippen molar-refractivity contribution in [3.05, 3.63) is 374 Å². The van der Waals surface area contributed by atoms with Gasteiger partial charge in [0.1, 0.15) is 5.82 Å². The summed E-state index contributed by atoms with van der Waals surface area (Å²) in [7, 11) is 0. The van der Waals surface area contributed by atoms with Gasteiger partial charge in [-0.1, -0.05) is 293 Å². The average Bonchev–Trinajstić information content (AvgIpc) is 1.55. The second-order valence-electron chi connectivity index (χ2n) is 26.6. The number of benzene rings is 14. The summed E-state index contributed by atoms with van der Waals surface area (Å²) in [5, 5.41) is 0. The zero-order valence-corrected chi connectivity index (χ0v) is 55.2. The summed E-state index contributed by atoms with van der Waals surface area (Å²) in [6, 6.07) is 123. The van der Waals surface area contributed by atoms with Gasteiger partial charge < -0.3 is 0 Å². The van der Waals surface area contributed by atoms with Crippen LogP contribution < -0.4 is 0 Å². The summed E-state index contributed by atoms with van der Waals surface area (Å²) in [6.45, 7) is 4.70. The van der Waals surface area contributed by atoms with E-state index in [0.717, 1.165) is 106 Å². The van der Waals surface area contributed by atoms with E-state index in [-0.39, 0.29) is 11.3 Å². The van der Waals surface area contributed by atoms with Crippen molar-refractivity contribution in [3.8, 4) is 157 Å². The standard InChI is InChI=1S/C94H64N6/c1-94(2)85-45-22-21-44-79(85)83-58-82-81-57-72(92-96-88(64-34-17-7-18-35-64)95-90(98-92)71-43-25-41-69(50-71)78-55-75(62-30-13-5-14-31-62)52-76(56-78)63-32-15-6-16-33-63)46-47-80(81)87(84(82)59-86(83)94)93-99-89(65-36-19-8-20-37-65)97-91(100-93)70-42-24-39-67(49-70)66-38-23-40-68(48-66)77-53-73(60-26-9-3-10-27-60)51-74(54-77)61-28-11-4-12-29-61/h3-59,87H,1-2H3. The van der Waals surface area contributed by atoms with Crippen molar-refractivity contribution in [1.29, 1.82) is 0 Å². The van der Waals surface area contributed by atoms with E-state index in [4.69, 9.17) is 29.9 Å². The Balaban J connectivity index is 0.768. The molecule has 1 unspecified atom stereocenters. The summed E-state index contributed by atoms with van der Waals surface area (Å²) in [5.74, 6) is 3.26. The molecule has 18 rings (SSSR count). The van der Waals surface area contributed by atoms with Gasteiger partial charge in [0.25, 0.3) is 0 Å². The van der Waals surface area contributed by atoms with Gasteiger partial charge in [0, 0.05) is 33.2 Å². The number of aromatic nitrogens is 6. The normalized spacial score (nSPS) is 13.1. The van der Waals surface area contributed by atoms with Gasteiger partial charge in [-0.2, -0.15) is 0 Å². The van der Waals surface area contributed by atoms with Crippen molar-refractivity contribution in [2.45, 2.75) is 25.2 Å². The Hall–Kier alpha value is -12.9. The van der Waals surface area contributed by atoms with Gasteiger partial charge in [-0.05, 0) is 189 Å². The van der Waals surface area contributed by atoms with Gasteiger partial charge in [-0.15, -0.1) is 0 Å². The minimum absolute atomic E-state index is 0.265. The van der Waals surface area contributed by atoms with Crippen molar-refractivity contribution in [1.82, 2.24) is 29.9 Å².